The first kappa shape index (κ1) is 16.0. The van der Waals surface area contributed by atoms with Gasteiger partial charge in [0.05, 0.1) is 13.7 Å². The van der Waals surface area contributed by atoms with Gasteiger partial charge in [-0.15, -0.1) is 11.3 Å². The molecule has 2 N–H and O–H groups in total. The van der Waals surface area contributed by atoms with Crippen molar-refractivity contribution in [3.05, 3.63) is 46.8 Å². The van der Waals surface area contributed by atoms with E-state index >= 15 is 0 Å². The van der Waals surface area contributed by atoms with Crippen LogP contribution in [0, 0.1) is 0 Å². The van der Waals surface area contributed by atoms with Gasteiger partial charge < -0.3 is 9.84 Å². The molecule has 0 fully saturated rings. The quantitative estimate of drug-likeness (QED) is 0.813. The standard InChI is InChI=1S/C14H17NO4S2/c1-19-13-4-2-11(3-5-13)6-7-15-21(17,18)14-8-12(9-16)10-20-14/h2-5,8,10,15-16H,6-7,9H2,1H3. The summed E-state index contributed by atoms with van der Waals surface area (Å²) in [5, 5.41) is 10.6. The Balaban J connectivity index is 1.92. The molecule has 2 aromatic rings. The molecule has 0 saturated heterocycles. The van der Waals surface area contributed by atoms with E-state index in [9.17, 15) is 8.42 Å². The zero-order valence-corrected chi connectivity index (χ0v) is 13.2. The van der Waals surface area contributed by atoms with Gasteiger partial charge in [-0.3, -0.25) is 0 Å². The number of aliphatic hydroxyl groups is 1. The Morgan fingerprint density at radius 2 is 1.95 bits per heavy atom. The van der Waals surface area contributed by atoms with Gasteiger partial charge >= 0.3 is 0 Å². The molecule has 0 aliphatic heterocycles. The predicted molar refractivity (Wildman–Crippen MR) is 82.1 cm³/mol. The molecule has 0 radical (unpaired) electrons. The number of aliphatic hydroxyl groups excluding tert-OH is 1. The first-order valence-corrected chi connectivity index (χ1v) is 8.72. The molecule has 0 spiro atoms. The van der Waals surface area contributed by atoms with E-state index in [2.05, 4.69) is 4.72 Å². The molecule has 7 heteroatoms. The Hall–Kier alpha value is -1.41. The van der Waals surface area contributed by atoms with Crippen LogP contribution in [-0.2, 0) is 23.1 Å². The molecular weight excluding hydrogens is 310 g/mol. The summed E-state index contributed by atoms with van der Waals surface area (Å²) < 4.78 is 32.0. The highest BCUT2D eigenvalue weighted by atomic mass is 32.2. The lowest BCUT2D eigenvalue weighted by Gasteiger charge is -2.06. The van der Waals surface area contributed by atoms with Crippen LogP contribution in [0.15, 0.2) is 39.9 Å². The van der Waals surface area contributed by atoms with Crippen molar-refractivity contribution in [3.8, 4) is 5.75 Å². The monoisotopic (exact) mass is 327 g/mol. The van der Waals surface area contributed by atoms with Crippen LogP contribution in [-0.4, -0.2) is 27.2 Å². The summed E-state index contributed by atoms with van der Waals surface area (Å²) in [6.45, 7) is 0.166. The molecule has 1 aromatic carbocycles. The number of rotatable bonds is 7. The van der Waals surface area contributed by atoms with E-state index in [-0.39, 0.29) is 10.8 Å². The van der Waals surface area contributed by atoms with Crippen molar-refractivity contribution in [3.63, 3.8) is 0 Å². The van der Waals surface area contributed by atoms with Crippen LogP contribution in [0.25, 0.3) is 0 Å². The van der Waals surface area contributed by atoms with Crippen LogP contribution in [0.1, 0.15) is 11.1 Å². The molecule has 21 heavy (non-hydrogen) atoms. The van der Waals surface area contributed by atoms with E-state index in [1.165, 1.54) is 6.07 Å². The largest absolute Gasteiger partial charge is 0.497 e. The summed E-state index contributed by atoms with van der Waals surface area (Å²) in [6.07, 6.45) is 0.599. The predicted octanol–water partition coefficient (Wildman–Crippen LogP) is 1.77. The molecule has 0 bridgehead atoms. The Morgan fingerprint density at radius 1 is 1.24 bits per heavy atom. The van der Waals surface area contributed by atoms with Gasteiger partial charge in [-0.25, -0.2) is 13.1 Å². The fourth-order valence-corrected chi connectivity index (χ4v) is 4.05. The van der Waals surface area contributed by atoms with E-state index in [0.717, 1.165) is 22.6 Å². The minimum Gasteiger partial charge on any atom is -0.497 e. The molecule has 0 amide bonds. The lowest BCUT2D eigenvalue weighted by molar-refractivity contribution is 0.282. The summed E-state index contributed by atoms with van der Waals surface area (Å²) >= 11 is 1.11. The van der Waals surface area contributed by atoms with Gasteiger partial charge in [-0.05, 0) is 41.1 Å². The average Bonchev–Trinajstić information content (AvgIpc) is 2.98. The van der Waals surface area contributed by atoms with Crippen LogP contribution >= 0.6 is 11.3 Å². The number of hydrogen-bond donors (Lipinski definition) is 2. The molecular formula is C14H17NO4S2. The van der Waals surface area contributed by atoms with Crippen molar-refractivity contribution in [2.75, 3.05) is 13.7 Å². The number of sulfonamides is 1. The Bertz CT molecular complexity index is 677. The Kier molecular flexibility index (Phi) is 5.35. The second kappa shape index (κ2) is 7.04. The normalized spacial score (nSPS) is 11.5. The first-order chi connectivity index (χ1) is 10.0. The maximum atomic E-state index is 12.0. The second-order valence-corrected chi connectivity index (χ2v) is 7.33. The van der Waals surface area contributed by atoms with Gasteiger partial charge in [0, 0.05) is 6.54 Å². The summed E-state index contributed by atoms with van der Waals surface area (Å²) in [4.78, 5) is 0. The van der Waals surface area contributed by atoms with Crippen LogP contribution in [0.4, 0.5) is 0 Å². The lowest BCUT2D eigenvalue weighted by Crippen LogP contribution is -2.25. The molecule has 1 heterocycles. The fraction of sp³-hybridized carbons (Fsp3) is 0.286. The van der Waals surface area contributed by atoms with Crippen molar-refractivity contribution in [2.24, 2.45) is 0 Å². The highest BCUT2D eigenvalue weighted by molar-refractivity contribution is 7.91. The van der Waals surface area contributed by atoms with E-state index in [1.807, 2.05) is 24.3 Å². The number of hydrogen-bond acceptors (Lipinski definition) is 5. The van der Waals surface area contributed by atoms with Crippen LogP contribution < -0.4 is 9.46 Å². The number of thiophene rings is 1. The van der Waals surface area contributed by atoms with Gasteiger partial charge in [0.15, 0.2) is 0 Å². The molecule has 0 aliphatic rings. The highest BCUT2D eigenvalue weighted by Crippen LogP contribution is 2.20. The number of nitrogens with one attached hydrogen (secondary N) is 1. The summed E-state index contributed by atoms with van der Waals surface area (Å²) in [6, 6.07) is 8.98. The van der Waals surface area contributed by atoms with Crippen LogP contribution in [0.5, 0.6) is 5.75 Å². The van der Waals surface area contributed by atoms with Gasteiger partial charge in [0.2, 0.25) is 10.0 Å². The molecule has 0 atom stereocenters. The summed E-state index contributed by atoms with van der Waals surface area (Å²) in [7, 11) is -1.90. The topological polar surface area (TPSA) is 75.6 Å². The highest BCUT2D eigenvalue weighted by Gasteiger charge is 2.15. The third-order valence-corrected chi connectivity index (χ3v) is 5.89. The number of benzene rings is 1. The minimum absolute atomic E-state index is 0.155. The molecule has 114 valence electrons. The van der Waals surface area contributed by atoms with Gasteiger partial charge in [0.25, 0.3) is 0 Å². The molecule has 0 aliphatic carbocycles. The zero-order chi connectivity index (χ0) is 15.3. The summed E-state index contributed by atoms with van der Waals surface area (Å²) in [5.74, 6) is 0.773. The Morgan fingerprint density at radius 3 is 2.52 bits per heavy atom. The Labute approximate surface area is 128 Å². The molecule has 2 rings (SSSR count). The second-order valence-electron chi connectivity index (χ2n) is 4.43. The van der Waals surface area contributed by atoms with Crippen molar-refractivity contribution in [2.45, 2.75) is 17.2 Å². The van der Waals surface area contributed by atoms with Gasteiger partial charge in [0.1, 0.15) is 9.96 Å². The average molecular weight is 327 g/mol. The molecule has 0 saturated carbocycles. The third-order valence-electron chi connectivity index (χ3n) is 2.94. The van der Waals surface area contributed by atoms with Gasteiger partial charge in [-0.1, -0.05) is 12.1 Å². The molecule has 5 nitrogen and oxygen atoms in total. The maximum Gasteiger partial charge on any atom is 0.250 e. The van der Waals surface area contributed by atoms with E-state index in [0.29, 0.717) is 18.5 Å². The zero-order valence-electron chi connectivity index (χ0n) is 11.6. The summed E-state index contributed by atoms with van der Waals surface area (Å²) in [5.41, 5.74) is 1.64. The van der Waals surface area contributed by atoms with Crippen molar-refractivity contribution in [1.82, 2.24) is 4.72 Å². The molecule has 0 unspecified atom stereocenters. The maximum absolute atomic E-state index is 12.0. The first-order valence-electron chi connectivity index (χ1n) is 6.36. The number of methoxy groups -OCH3 is 1. The van der Waals surface area contributed by atoms with E-state index in [4.69, 9.17) is 9.84 Å². The van der Waals surface area contributed by atoms with E-state index < -0.39 is 10.0 Å². The minimum atomic E-state index is -3.50. The van der Waals surface area contributed by atoms with E-state index in [1.54, 1.807) is 12.5 Å². The fourth-order valence-electron chi connectivity index (χ4n) is 1.77. The van der Waals surface area contributed by atoms with Crippen LogP contribution in [0.3, 0.4) is 0 Å². The lowest BCUT2D eigenvalue weighted by atomic mass is 10.1. The van der Waals surface area contributed by atoms with Crippen molar-refractivity contribution < 1.29 is 18.3 Å². The van der Waals surface area contributed by atoms with Crippen molar-refractivity contribution >= 4 is 21.4 Å². The van der Waals surface area contributed by atoms with Gasteiger partial charge in [-0.2, -0.15) is 0 Å². The third kappa shape index (κ3) is 4.28. The number of ether oxygens (including phenoxy) is 1. The smallest absolute Gasteiger partial charge is 0.250 e. The van der Waals surface area contributed by atoms with Crippen molar-refractivity contribution in [1.29, 1.82) is 0 Å². The molecule has 1 aromatic heterocycles. The SMILES string of the molecule is COc1ccc(CCNS(=O)(=O)c2cc(CO)cs2)cc1. The van der Waals surface area contributed by atoms with Crippen LogP contribution in [0.2, 0.25) is 0 Å².